The van der Waals surface area contributed by atoms with E-state index in [1.165, 1.54) is 0 Å². The van der Waals surface area contributed by atoms with Crippen LogP contribution in [0.3, 0.4) is 0 Å². The Balaban J connectivity index is 2.87. The lowest BCUT2D eigenvalue weighted by molar-refractivity contribution is 0.288. The minimum absolute atomic E-state index is 0.410. The van der Waals surface area contributed by atoms with Crippen LogP contribution >= 0.6 is 0 Å². The van der Waals surface area contributed by atoms with Crippen molar-refractivity contribution >= 4 is 5.69 Å². The van der Waals surface area contributed by atoms with Gasteiger partial charge in [0, 0.05) is 17.8 Å². The molecule has 0 spiro atoms. The van der Waals surface area contributed by atoms with Crippen LogP contribution in [0.15, 0.2) is 18.2 Å². The molecule has 0 atom stereocenters. The van der Waals surface area contributed by atoms with Crippen LogP contribution in [0.4, 0.5) is 5.69 Å². The molecular formula is C13H21NO2. The standard InChI is InChI=1S/C13H21NO2/c1-5-15-12-8-7-11(14-10(3)4)9-13(12)16-6-2/h7-10,14H,5-6H2,1-4H3. The van der Waals surface area contributed by atoms with E-state index in [0.717, 1.165) is 17.2 Å². The van der Waals surface area contributed by atoms with E-state index in [1.807, 2.05) is 32.0 Å². The molecule has 3 heteroatoms. The number of nitrogens with one attached hydrogen (secondary N) is 1. The second-order valence-electron chi connectivity index (χ2n) is 3.83. The maximum atomic E-state index is 5.55. The van der Waals surface area contributed by atoms with Gasteiger partial charge in [-0.2, -0.15) is 0 Å². The van der Waals surface area contributed by atoms with Crippen molar-refractivity contribution in [2.75, 3.05) is 18.5 Å². The Hall–Kier alpha value is -1.38. The van der Waals surface area contributed by atoms with Crippen molar-refractivity contribution in [2.45, 2.75) is 33.7 Å². The second kappa shape index (κ2) is 6.26. The lowest BCUT2D eigenvalue weighted by atomic mass is 10.2. The molecule has 1 aromatic rings. The lowest BCUT2D eigenvalue weighted by Crippen LogP contribution is -2.09. The second-order valence-corrected chi connectivity index (χ2v) is 3.83. The van der Waals surface area contributed by atoms with Crippen molar-refractivity contribution in [3.8, 4) is 11.5 Å². The van der Waals surface area contributed by atoms with Gasteiger partial charge in [0.25, 0.3) is 0 Å². The van der Waals surface area contributed by atoms with E-state index in [0.29, 0.717) is 19.3 Å². The topological polar surface area (TPSA) is 30.5 Å². The smallest absolute Gasteiger partial charge is 0.163 e. The largest absolute Gasteiger partial charge is 0.490 e. The summed E-state index contributed by atoms with van der Waals surface area (Å²) in [5, 5.41) is 3.34. The summed E-state index contributed by atoms with van der Waals surface area (Å²) in [5.41, 5.74) is 1.06. The predicted octanol–water partition coefficient (Wildman–Crippen LogP) is 3.30. The molecule has 0 unspecified atom stereocenters. The third-order valence-corrected chi connectivity index (χ3v) is 2.00. The normalized spacial score (nSPS) is 10.3. The van der Waals surface area contributed by atoms with Crippen molar-refractivity contribution in [1.29, 1.82) is 0 Å². The molecule has 0 aliphatic rings. The Morgan fingerprint density at radius 3 is 2.25 bits per heavy atom. The van der Waals surface area contributed by atoms with E-state index in [-0.39, 0.29) is 0 Å². The molecule has 1 rings (SSSR count). The van der Waals surface area contributed by atoms with Gasteiger partial charge in [-0.15, -0.1) is 0 Å². The molecule has 0 saturated carbocycles. The highest BCUT2D eigenvalue weighted by Crippen LogP contribution is 2.30. The highest BCUT2D eigenvalue weighted by Gasteiger charge is 2.06. The van der Waals surface area contributed by atoms with Gasteiger partial charge in [0.15, 0.2) is 11.5 Å². The first-order chi connectivity index (χ1) is 7.67. The van der Waals surface area contributed by atoms with Crippen LogP contribution in [-0.2, 0) is 0 Å². The van der Waals surface area contributed by atoms with Crippen LogP contribution in [0.1, 0.15) is 27.7 Å². The SMILES string of the molecule is CCOc1ccc(NC(C)C)cc1OCC. The van der Waals surface area contributed by atoms with Gasteiger partial charge in [0.05, 0.1) is 13.2 Å². The van der Waals surface area contributed by atoms with Crippen molar-refractivity contribution in [1.82, 2.24) is 0 Å². The van der Waals surface area contributed by atoms with Crippen molar-refractivity contribution in [3.63, 3.8) is 0 Å². The molecule has 0 fully saturated rings. The first kappa shape index (κ1) is 12.7. The summed E-state index contributed by atoms with van der Waals surface area (Å²) in [4.78, 5) is 0. The van der Waals surface area contributed by atoms with Crippen LogP contribution < -0.4 is 14.8 Å². The molecule has 1 aromatic carbocycles. The Morgan fingerprint density at radius 1 is 1.06 bits per heavy atom. The van der Waals surface area contributed by atoms with Gasteiger partial charge < -0.3 is 14.8 Å². The molecule has 0 amide bonds. The first-order valence-corrected chi connectivity index (χ1v) is 5.83. The van der Waals surface area contributed by atoms with Gasteiger partial charge in [-0.1, -0.05) is 0 Å². The van der Waals surface area contributed by atoms with Crippen LogP contribution in [0.25, 0.3) is 0 Å². The average Bonchev–Trinajstić information content (AvgIpc) is 2.21. The molecule has 90 valence electrons. The minimum Gasteiger partial charge on any atom is -0.490 e. The van der Waals surface area contributed by atoms with Crippen molar-refractivity contribution in [2.24, 2.45) is 0 Å². The van der Waals surface area contributed by atoms with Crippen LogP contribution in [0.2, 0.25) is 0 Å². The molecule has 0 saturated heterocycles. The molecule has 0 aliphatic carbocycles. The highest BCUT2D eigenvalue weighted by atomic mass is 16.5. The highest BCUT2D eigenvalue weighted by molar-refractivity contribution is 5.55. The molecule has 0 aromatic heterocycles. The van der Waals surface area contributed by atoms with Gasteiger partial charge in [0.1, 0.15) is 0 Å². The Bertz CT molecular complexity index is 324. The third kappa shape index (κ3) is 3.65. The quantitative estimate of drug-likeness (QED) is 0.802. The lowest BCUT2D eigenvalue weighted by Gasteiger charge is -2.14. The molecule has 0 radical (unpaired) electrons. The molecule has 16 heavy (non-hydrogen) atoms. The van der Waals surface area contributed by atoms with E-state index in [1.54, 1.807) is 0 Å². The summed E-state index contributed by atoms with van der Waals surface area (Å²) >= 11 is 0. The number of benzene rings is 1. The van der Waals surface area contributed by atoms with Crippen molar-refractivity contribution < 1.29 is 9.47 Å². The van der Waals surface area contributed by atoms with Crippen molar-refractivity contribution in [3.05, 3.63) is 18.2 Å². The number of hydrogen-bond acceptors (Lipinski definition) is 3. The predicted molar refractivity (Wildman–Crippen MR) is 67.5 cm³/mol. The van der Waals surface area contributed by atoms with Gasteiger partial charge in [-0.3, -0.25) is 0 Å². The fourth-order valence-corrected chi connectivity index (χ4v) is 1.47. The van der Waals surface area contributed by atoms with Gasteiger partial charge >= 0.3 is 0 Å². The molecule has 0 heterocycles. The van der Waals surface area contributed by atoms with E-state index < -0.39 is 0 Å². The number of rotatable bonds is 6. The fourth-order valence-electron chi connectivity index (χ4n) is 1.47. The molecule has 0 bridgehead atoms. The summed E-state index contributed by atoms with van der Waals surface area (Å²) < 4.78 is 11.0. The summed E-state index contributed by atoms with van der Waals surface area (Å²) in [6.45, 7) is 9.45. The van der Waals surface area contributed by atoms with E-state index in [9.17, 15) is 0 Å². The summed E-state index contributed by atoms with van der Waals surface area (Å²) in [6, 6.07) is 6.34. The van der Waals surface area contributed by atoms with Crippen LogP contribution in [0, 0.1) is 0 Å². The Kier molecular flexibility index (Phi) is 4.96. The number of hydrogen-bond donors (Lipinski definition) is 1. The van der Waals surface area contributed by atoms with Crippen LogP contribution in [-0.4, -0.2) is 19.3 Å². The fraction of sp³-hybridized carbons (Fsp3) is 0.538. The zero-order valence-electron chi connectivity index (χ0n) is 10.5. The zero-order chi connectivity index (χ0) is 12.0. The monoisotopic (exact) mass is 223 g/mol. The zero-order valence-corrected chi connectivity index (χ0v) is 10.5. The van der Waals surface area contributed by atoms with Gasteiger partial charge in [0.2, 0.25) is 0 Å². The first-order valence-electron chi connectivity index (χ1n) is 5.83. The molecular weight excluding hydrogens is 202 g/mol. The number of anilines is 1. The minimum atomic E-state index is 0.410. The Morgan fingerprint density at radius 2 is 1.69 bits per heavy atom. The summed E-state index contributed by atoms with van der Waals surface area (Å²) in [5.74, 6) is 1.61. The third-order valence-electron chi connectivity index (χ3n) is 2.00. The molecule has 3 nitrogen and oxygen atoms in total. The van der Waals surface area contributed by atoms with E-state index >= 15 is 0 Å². The van der Waals surface area contributed by atoms with Gasteiger partial charge in [-0.25, -0.2) is 0 Å². The maximum Gasteiger partial charge on any atom is 0.163 e. The average molecular weight is 223 g/mol. The summed E-state index contributed by atoms with van der Waals surface area (Å²) in [6.07, 6.45) is 0. The van der Waals surface area contributed by atoms with Crippen LogP contribution in [0.5, 0.6) is 11.5 Å². The van der Waals surface area contributed by atoms with E-state index in [4.69, 9.17) is 9.47 Å². The van der Waals surface area contributed by atoms with Gasteiger partial charge in [-0.05, 0) is 39.8 Å². The molecule has 0 aliphatic heterocycles. The van der Waals surface area contributed by atoms with E-state index in [2.05, 4.69) is 19.2 Å². The maximum absolute atomic E-state index is 5.55. The molecule has 1 N–H and O–H groups in total. The Labute approximate surface area is 97.8 Å². The number of ether oxygens (including phenoxy) is 2. The summed E-state index contributed by atoms with van der Waals surface area (Å²) in [7, 11) is 0.